The second-order valence-corrected chi connectivity index (χ2v) is 10.3. The van der Waals surface area contributed by atoms with Crippen molar-refractivity contribution in [2.45, 2.75) is 50.3 Å². The van der Waals surface area contributed by atoms with Crippen LogP contribution in [0.3, 0.4) is 0 Å². The number of rotatable bonds is 0. The van der Waals surface area contributed by atoms with E-state index in [1.54, 1.807) is 24.3 Å². The third-order valence-electron chi connectivity index (χ3n) is 6.30. The van der Waals surface area contributed by atoms with Crippen LogP contribution in [0, 0.1) is 0 Å². The van der Waals surface area contributed by atoms with Crippen LogP contribution in [0.4, 0.5) is 0 Å². The summed E-state index contributed by atoms with van der Waals surface area (Å²) in [6.07, 6.45) is 22.4. The first kappa shape index (κ1) is 27.7. The topological polar surface area (TPSA) is 208 Å². The molecule has 4 aliphatic carbocycles. The van der Waals surface area contributed by atoms with Crippen molar-refractivity contribution in [3.63, 3.8) is 0 Å². The van der Waals surface area contributed by atoms with E-state index in [9.17, 15) is 0 Å². The highest BCUT2D eigenvalue weighted by molar-refractivity contribution is 5.61. The Hall–Kier alpha value is -2.92. The molecule has 16 N–H and O–H groups in total. The summed E-state index contributed by atoms with van der Waals surface area (Å²) in [4.78, 5) is 0. The van der Waals surface area contributed by atoms with Crippen molar-refractivity contribution in [2.24, 2.45) is 45.9 Å². The summed E-state index contributed by atoms with van der Waals surface area (Å²) in [7, 11) is 0. The largest absolute Gasteiger partial charge is 0.307 e. The molecule has 0 spiro atoms. The smallest absolute Gasteiger partial charge is 0.103 e. The highest BCUT2D eigenvalue weighted by Crippen LogP contribution is 2.31. The monoisotopic (exact) mass is 488 g/mol. The van der Waals surface area contributed by atoms with Crippen LogP contribution in [0.15, 0.2) is 117 Å². The van der Waals surface area contributed by atoms with Crippen LogP contribution in [0.2, 0.25) is 0 Å². The minimum Gasteiger partial charge on any atom is -0.307 e. The van der Waals surface area contributed by atoms with Gasteiger partial charge in [0.15, 0.2) is 0 Å². The summed E-state index contributed by atoms with van der Waals surface area (Å²) in [5.74, 6) is 0. The Morgan fingerprint density at radius 1 is 0.361 bits per heavy atom. The first-order chi connectivity index (χ1) is 16.4. The number of hydrogen-bond acceptors (Lipinski definition) is 8. The van der Waals surface area contributed by atoms with E-state index in [0.717, 1.165) is 44.6 Å². The maximum atomic E-state index is 5.86. The molecule has 0 unspecified atom stereocenters. The molecule has 0 aliphatic heterocycles. The zero-order valence-corrected chi connectivity index (χ0v) is 21.5. The molecule has 0 aromatic heterocycles. The molecule has 0 saturated heterocycles. The lowest BCUT2D eigenvalue weighted by molar-refractivity contribution is 0.678. The van der Waals surface area contributed by atoms with E-state index in [1.165, 1.54) is 0 Å². The standard InChI is InChI=1S/2C14H20N4/c2*1-9-7-13(15,16)5-3-11(9)12-4-6-14(17,18)8-10(12)2/h2*3-8H,15-18H2,1-2H3. The van der Waals surface area contributed by atoms with Gasteiger partial charge in [-0.1, -0.05) is 24.3 Å². The molecule has 192 valence electrons. The van der Waals surface area contributed by atoms with Crippen LogP contribution in [0.5, 0.6) is 0 Å². The first-order valence-electron chi connectivity index (χ1n) is 11.8. The van der Waals surface area contributed by atoms with Gasteiger partial charge in [-0.25, -0.2) is 0 Å². The Kier molecular flexibility index (Phi) is 7.31. The summed E-state index contributed by atoms with van der Waals surface area (Å²) < 4.78 is 0. The van der Waals surface area contributed by atoms with E-state index in [-0.39, 0.29) is 0 Å². The van der Waals surface area contributed by atoms with E-state index >= 15 is 0 Å². The quantitative estimate of drug-likeness (QED) is 0.231. The molecule has 4 aliphatic rings. The van der Waals surface area contributed by atoms with Gasteiger partial charge in [-0.3, -0.25) is 0 Å². The van der Waals surface area contributed by atoms with Crippen molar-refractivity contribution in [2.75, 3.05) is 0 Å². The van der Waals surface area contributed by atoms with Gasteiger partial charge in [-0.15, -0.1) is 0 Å². The second-order valence-electron chi connectivity index (χ2n) is 10.3. The highest BCUT2D eigenvalue weighted by Gasteiger charge is 2.24. The van der Waals surface area contributed by atoms with Crippen molar-refractivity contribution >= 4 is 0 Å². The zero-order valence-electron chi connectivity index (χ0n) is 21.5. The molecule has 8 heteroatoms. The van der Waals surface area contributed by atoms with Gasteiger partial charge in [0.05, 0.1) is 0 Å². The van der Waals surface area contributed by atoms with Gasteiger partial charge in [0, 0.05) is 0 Å². The van der Waals surface area contributed by atoms with Gasteiger partial charge >= 0.3 is 0 Å². The number of allylic oxidation sites excluding steroid dienone is 12. The number of nitrogens with two attached hydrogens (primary N) is 8. The maximum Gasteiger partial charge on any atom is 0.103 e. The molecular weight excluding hydrogens is 448 g/mol. The minimum absolute atomic E-state index is 0.865. The molecule has 0 saturated carbocycles. The predicted molar refractivity (Wildman–Crippen MR) is 150 cm³/mol. The molecule has 0 heterocycles. The van der Waals surface area contributed by atoms with Gasteiger partial charge in [0.1, 0.15) is 22.7 Å². The fraction of sp³-hybridized carbons (Fsp3) is 0.286. The van der Waals surface area contributed by atoms with Crippen molar-refractivity contribution < 1.29 is 0 Å². The summed E-state index contributed by atoms with van der Waals surface area (Å²) in [6.45, 7) is 7.98. The molecule has 0 fully saturated rings. The molecule has 0 aromatic carbocycles. The van der Waals surface area contributed by atoms with Crippen molar-refractivity contribution in [1.29, 1.82) is 0 Å². The van der Waals surface area contributed by atoms with Crippen LogP contribution in [-0.4, -0.2) is 22.7 Å². The summed E-state index contributed by atoms with van der Waals surface area (Å²) in [5.41, 5.74) is 52.0. The first-order valence-corrected chi connectivity index (χ1v) is 11.8. The Balaban J connectivity index is 0.000000201. The number of hydrogen-bond donors (Lipinski definition) is 8. The lowest BCUT2D eigenvalue weighted by atomic mass is 9.85. The minimum atomic E-state index is -0.865. The van der Waals surface area contributed by atoms with Crippen molar-refractivity contribution in [1.82, 2.24) is 0 Å². The third kappa shape index (κ3) is 6.64. The average molecular weight is 489 g/mol. The van der Waals surface area contributed by atoms with Gasteiger partial charge in [0.2, 0.25) is 0 Å². The molecule has 0 atom stereocenters. The fourth-order valence-corrected chi connectivity index (χ4v) is 4.65. The van der Waals surface area contributed by atoms with E-state index in [4.69, 9.17) is 45.9 Å². The highest BCUT2D eigenvalue weighted by atomic mass is 14.9. The SMILES string of the molecule is CC1=CC(N)(N)C=CC1=C1C=CC(N)(N)C=C1C.CC1=CC(N)(N)C=CC1=C1C=CC(N)(N)C=C1C. The lowest BCUT2D eigenvalue weighted by Gasteiger charge is -2.27. The van der Waals surface area contributed by atoms with Gasteiger partial charge in [-0.05, 0) is 121 Å². The molecular formula is C28H40N8. The lowest BCUT2D eigenvalue weighted by Crippen LogP contribution is -2.47. The molecule has 0 bridgehead atoms. The molecule has 4 rings (SSSR count). The van der Waals surface area contributed by atoms with Crippen molar-refractivity contribution in [3.05, 3.63) is 117 Å². The van der Waals surface area contributed by atoms with E-state index in [1.807, 2.05) is 76.3 Å². The summed E-state index contributed by atoms with van der Waals surface area (Å²) >= 11 is 0. The van der Waals surface area contributed by atoms with E-state index in [2.05, 4.69) is 0 Å². The molecule has 0 radical (unpaired) electrons. The molecule has 0 amide bonds. The normalized spacial score (nSPS) is 29.0. The Bertz CT molecular complexity index is 1060. The van der Waals surface area contributed by atoms with Crippen molar-refractivity contribution in [3.8, 4) is 0 Å². The molecule has 0 aromatic rings. The van der Waals surface area contributed by atoms with Crippen LogP contribution in [0.1, 0.15) is 27.7 Å². The third-order valence-corrected chi connectivity index (χ3v) is 6.30. The maximum absolute atomic E-state index is 5.86. The average Bonchev–Trinajstić information content (AvgIpc) is 2.68. The Morgan fingerprint density at radius 2 is 0.528 bits per heavy atom. The Labute approximate surface area is 213 Å². The van der Waals surface area contributed by atoms with Gasteiger partial charge < -0.3 is 45.9 Å². The zero-order chi connectivity index (χ0) is 27.1. The van der Waals surface area contributed by atoms with Crippen LogP contribution in [-0.2, 0) is 0 Å². The van der Waals surface area contributed by atoms with Gasteiger partial charge in [-0.2, -0.15) is 0 Å². The van der Waals surface area contributed by atoms with E-state index in [0.29, 0.717) is 0 Å². The second kappa shape index (κ2) is 9.51. The van der Waals surface area contributed by atoms with E-state index < -0.39 is 22.7 Å². The molecule has 8 nitrogen and oxygen atoms in total. The Morgan fingerprint density at radius 3 is 0.667 bits per heavy atom. The molecule has 36 heavy (non-hydrogen) atoms. The summed E-state index contributed by atoms with van der Waals surface area (Å²) in [6, 6.07) is 0. The summed E-state index contributed by atoms with van der Waals surface area (Å²) in [5, 5.41) is 0. The van der Waals surface area contributed by atoms with Crippen LogP contribution in [0.25, 0.3) is 0 Å². The van der Waals surface area contributed by atoms with Crippen LogP contribution < -0.4 is 45.9 Å². The van der Waals surface area contributed by atoms with Gasteiger partial charge in [0.25, 0.3) is 0 Å². The van der Waals surface area contributed by atoms with Crippen LogP contribution >= 0.6 is 0 Å². The fourth-order valence-electron chi connectivity index (χ4n) is 4.65. The predicted octanol–water partition coefficient (Wildman–Crippen LogP) is 1.09.